The van der Waals surface area contributed by atoms with E-state index >= 15 is 0 Å². The Kier molecular flexibility index (Phi) is 7.34. The number of hydrogen-bond donors (Lipinski definition) is 2. The standard InChI is InChI=1S/C11H23NO3/c1-4-5-6-8-12-11(2,10(13)14)7-9-15-3/h12H,4-9H2,1-3H3,(H,13,14). The highest BCUT2D eigenvalue weighted by Crippen LogP contribution is 2.10. The molecule has 0 amide bonds. The monoisotopic (exact) mass is 217 g/mol. The maximum absolute atomic E-state index is 11.1. The first-order chi connectivity index (χ1) is 7.06. The van der Waals surface area contributed by atoms with Crippen LogP contribution in [0.3, 0.4) is 0 Å². The van der Waals surface area contributed by atoms with Gasteiger partial charge in [0.1, 0.15) is 5.54 Å². The lowest BCUT2D eigenvalue weighted by atomic mass is 9.98. The Balaban J connectivity index is 3.96. The first kappa shape index (κ1) is 14.4. The van der Waals surface area contributed by atoms with Crippen molar-refractivity contribution in [3.63, 3.8) is 0 Å². The summed E-state index contributed by atoms with van der Waals surface area (Å²) in [5, 5.41) is 12.2. The molecule has 1 atom stereocenters. The van der Waals surface area contributed by atoms with Crippen LogP contribution in [0.5, 0.6) is 0 Å². The Morgan fingerprint density at radius 1 is 1.47 bits per heavy atom. The van der Waals surface area contributed by atoms with Gasteiger partial charge in [0.25, 0.3) is 0 Å². The number of hydrogen-bond acceptors (Lipinski definition) is 3. The third-order valence-corrected chi connectivity index (χ3v) is 2.57. The van der Waals surface area contributed by atoms with Crippen LogP contribution in [-0.2, 0) is 9.53 Å². The molecule has 2 N–H and O–H groups in total. The molecule has 0 aromatic heterocycles. The van der Waals surface area contributed by atoms with Crippen LogP contribution in [-0.4, -0.2) is 36.9 Å². The molecule has 90 valence electrons. The zero-order chi connectivity index (χ0) is 11.7. The molecule has 0 aliphatic rings. The highest BCUT2D eigenvalue weighted by Gasteiger charge is 2.31. The molecule has 4 nitrogen and oxygen atoms in total. The second-order valence-corrected chi connectivity index (χ2v) is 4.01. The van der Waals surface area contributed by atoms with E-state index in [4.69, 9.17) is 9.84 Å². The second kappa shape index (κ2) is 7.65. The van der Waals surface area contributed by atoms with Crippen molar-refractivity contribution in [2.75, 3.05) is 20.3 Å². The van der Waals surface area contributed by atoms with Crippen LogP contribution in [0.1, 0.15) is 39.5 Å². The molecular formula is C11H23NO3. The van der Waals surface area contributed by atoms with Gasteiger partial charge in [0.15, 0.2) is 0 Å². The predicted molar refractivity (Wildman–Crippen MR) is 60.1 cm³/mol. The quantitative estimate of drug-likeness (QED) is 0.576. The molecule has 0 radical (unpaired) electrons. The SMILES string of the molecule is CCCCCNC(C)(CCOC)C(=O)O. The van der Waals surface area contributed by atoms with Crippen LogP contribution in [0, 0.1) is 0 Å². The maximum Gasteiger partial charge on any atom is 0.323 e. The van der Waals surface area contributed by atoms with Crippen molar-refractivity contribution in [2.45, 2.75) is 45.1 Å². The third kappa shape index (κ3) is 5.74. The summed E-state index contributed by atoms with van der Waals surface area (Å²) in [6.07, 6.45) is 3.79. The zero-order valence-electron chi connectivity index (χ0n) is 10.0. The summed E-state index contributed by atoms with van der Waals surface area (Å²) in [4.78, 5) is 11.1. The first-order valence-electron chi connectivity index (χ1n) is 5.54. The average Bonchev–Trinajstić information content (AvgIpc) is 2.21. The van der Waals surface area contributed by atoms with Crippen molar-refractivity contribution in [1.29, 1.82) is 0 Å². The maximum atomic E-state index is 11.1. The minimum atomic E-state index is -0.857. The van der Waals surface area contributed by atoms with Crippen LogP contribution in [0.4, 0.5) is 0 Å². The largest absolute Gasteiger partial charge is 0.480 e. The van der Waals surface area contributed by atoms with E-state index in [-0.39, 0.29) is 0 Å². The summed E-state index contributed by atoms with van der Waals surface area (Å²) in [5.74, 6) is -0.809. The lowest BCUT2D eigenvalue weighted by Gasteiger charge is -2.26. The number of methoxy groups -OCH3 is 1. The topological polar surface area (TPSA) is 58.6 Å². The molecule has 0 saturated carbocycles. The lowest BCUT2D eigenvalue weighted by Crippen LogP contribution is -2.50. The molecule has 0 saturated heterocycles. The summed E-state index contributed by atoms with van der Waals surface area (Å²) >= 11 is 0. The van der Waals surface area contributed by atoms with Crippen molar-refractivity contribution in [1.82, 2.24) is 5.32 Å². The molecule has 0 aromatic carbocycles. The molecule has 0 aliphatic carbocycles. The van der Waals surface area contributed by atoms with Gasteiger partial charge in [0.05, 0.1) is 0 Å². The van der Waals surface area contributed by atoms with Gasteiger partial charge in [-0.25, -0.2) is 0 Å². The van der Waals surface area contributed by atoms with Crippen LogP contribution in [0.2, 0.25) is 0 Å². The highest BCUT2D eigenvalue weighted by atomic mass is 16.5. The number of carboxylic acid groups (broad SMARTS) is 1. The van der Waals surface area contributed by atoms with Gasteiger partial charge < -0.3 is 15.2 Å². The van der Waals surface area contributed by atoms with E-state index in [1.165, 1.54) is 0 Å². The van der Waals surface area contributed by atoms with Gasteiger partial charge in [-0.1, -0.05) is 19.8 Å². The Labute approximate surface area is 92.0 Å². The fourth-order valence-electron chi connectivity index (χ4n) is 1.32. The Bertz CT molecular complexity index is 185. The minimum absolute atomic E-state index is 0.462. The molecule has 0 fully saturated rings. The van der Waals surface area contributed by atoms with E-state index in [9.17, 15) is 4.79 Å². The van der Waals surface area contributed by atoms with E-state index in [1.807, 2.05) is 0 Å². The van der Waals surface area contributed by atoms with Gasteiger partial charge in [-0.05, 0) is 26.3 Å². The van der Waals surface area contributed by atoms with Crippen molar-refractivity contribution < 1.29 is 14.6 Å². The predicted octanol–water partition coefficient (Wildman–Crippen LogP) is 1.65. The van der Waals surface area contributed by atoms with Crippen molar-refractivity contribution in [2.24, 2.45) is 0 Å². The number of aliphatic carboxylic acids is 1. The highest BCUT2D eigenvalue weighted by molar-refractivity contribution is 5.78. The number of ether oxygens (including phenoxy) is 1. The Morgan fingerprint density at radius 2 is 2.13 bits per heavy atom. The fourth-order valence-corrected chi connectivity index (χ4v) is 1.32. The number of rotatable bonds is 9. The summed E-state index contributed by atoms with van der Waals surface area (Å²) in [5.41, 5.74) is -0.857. The Morgan fingerprint density at radius 3 is 2.60 bits per heavy atom. The number of nitrogens with one attached hydrogen (secondary N) is 1. The molecule has 0 aromatic rings. The first-order valence-corrected chi connectivity index (χ1v) is 5.54. The van der Waals surface area contributed by atoms with Gasteiger partial charge in [-0.2, -0.15) is 0 Å². The molecular weight excluding hydrogens is 194 g/mol. The van der Waals surface area contributed by atoms with E-state index in [0.29, 0.717) is 13.0 Å². The average molecular weight is 217 g/mol. The summed E-state index contributed by atoms with van der Waals surface area (Å²) in [6, 6.07) is 0. The van der Waals surface area contributed by atoms with Crippen molar-refractivity contribution in [3.8, 4) is 0 Å². The van der Waals surface area contributed by atoms with E-state index in [1.54, 1.807) is 14.0 Å². The zero-order valence-corrected chi connectivity index (χ0v) is 10.0. The van der Waals surface area contributed by atoms with Gasteiger partial charge in [0.2, 0.25) is 0 Å². The molecule has 0 bridgehead atoms. The van der Waals surface area contributed by atoms with Crippen molar-refractivity contribution in [3.05, 3.63) is 0 Å². The van der Waals surface area contributed by atoms with Crippen LogP contribution in [0.25, 0.3) is 0 Å². The second-order valence-electron chi connectivity index (χ2n) is 4.01. The third-order valence-electron chi connectivity index (χ3n) is 2.57. The van der Waals surface area contributed by atoms with Gasteiger partial charge in [0, 0.05) is 13.7 Å². The van der Waals surface area contributed by atoms with Gasteiger partial charge in [-0.15, -0.1) is 0 Å². The molecule has 0 rings (SSSR count). The van der Waals surface area contributed by atoms with Crippen LogP contribution < -0.4 is 5.32 Å². The van der Waals surface area contributed by atoms with Crippen LogP contribution in [0.15, 0.2) is 0 Å². The van der Waals surface area contributed by atoms with E-state index in [0.717, 1.165) is 25.8 Å². The Hall–Kier alpha value is -0.610. The molecule has 1 unspecified atom stereocenters. The molecule has 0 spiro atoms. The van der Waals surface area contributed by atoms with Gasteiger partial charge >= 0.3 is 5.97 Å². The number of unbranched alkanes of at least 4 members (excludes halogenated alkanes) is 2. The van der Waals surface area contributed by atoms with E-state index < -0.39 is 11.5 Å². The van der Waals surface area contributed by atoms with Crippen molar-refractivity contribution >= 4 is 5.97 Å². The molecule has 15 heavy (non-hydrogen) atoms. The molecule has 0 heterocycles. The van der Waals surface area contributed by atoms with E-state index in [2.05, 4.69) is 12.2 Å². The minimum Gasteiger partial charge on any atom is -0.480 e. The fraction of sp³-hybridized carbons (Fsp3) is 0.909. The lowest BCUT2D eigenvalue weighted by molar-refractivity contribution is -0.145. The summed E-state index contributed by atoms with van der Waals surface area (Å²) in [7, 11) is 1.58. The summed E-state index contributed by atoms with van der Waals surface area (Å²) < 4.78 is 4.91. The van der Waals surface area contributed by atoms with Gasteiger partial charge in [-0.3, -0.25) is 4.79 Å². The van der Waals surface area contributed by atoms with Crippen LogP contribution >= 0.6 is 0 Å². The molecule has 0 aliphatic heterocycles. The number of carbonyl (C=O) groups is 1. The smallest absolute Gasteiger partial charge is 0.323 e. The normalized spacial score (nSPS) is 14.9. The number of carboxylic acids is 1. The summed E-state index contributed by atoms with van der Waals surface area (Å²) in [6.45, 7) is 5.05. The molecule has 4 heteroatoms.